The van der Waals surface area contributed by atoms with Crippen LogP contribution in [-0.4, -0.2) is 51.2 Å². The summed E-state index contributed by atoms with van der Waals surface area (Å²) in [5.41, 5.74) is 6.93. The zero-order chi connectivity index (χ0) is 22.6. The van der Waals surface area contributed by atoms with Gasteiger partial charge in [0.05, 0.1) is 11.4 Å². The summed E-state index contributed by atoms with van der Waals surface area (Å²) in [6, 6.07) is 13.1. The number of sulfonamides is 1. The van der Waals surface area contributed by atoms with Gasteiger partial charge >= 0.3 is 0 Å². The number of hydrogen-bond acceptors (Lipinski definition) is 5. The SMILES string of the molecule is CN(CC(=O)Nc1ccc(N2CCC(C(N)=O)CC2)cc1)S(=O)(=O)c1ccc(Cl)cc1. The third kappa shape index (κ3) is 5.75. The Balaban J connectivity index is 1.56. The van der Waals surface area contributed by atoms with E-state index in [4.69, 9.17) is 17.3 Å². The minimum Gasteiger partial charge on any atom is -0.371 e. The number of amides is 2. The summed E-state index contributed by atoms with van der Waals surface area (Å²) in [6.45, 7) is 1.16. The third-order valence-corrected chi connectivity index (χ3v) is 7.37. The van der Waals surface area contributed by atoms with Crippen LogP contribution in [0.25, 0.3) is 0 Å². The van der Waals surface area contributed by atoms with Crippen molar-refractivity contribution in [2.45, 2.75) is 17.7 Å². The quantitative estimate of drug-likeness (QED) is 0.652. The summed E-state index contributed by atoms with van der Waals surface area (Å²) >= 11 is 5.80. The first kappa shape index (κ1) is 23.1. The predicted molar refractivity (Wildman–Crippen MR) is 120 cm³/mol. The van der Waals surface area contributed by atoms with Crippen LogP contribution in [0.5, 0.6) is 0 Å². The smallest absolute Gasteiger partial charge is 0.243 e. The Morgan fingerprint density at radius 2 is 1.68 bits per heavy atom. The van der Waals surface area contributed by atoms with Crippen molar-refractivity contribution < 1.29 is 18.0 Å². The molecular formula is C21H25ClN4O4S. The van der Waals surface area contributed by atoms with Crippen LogP contribution in [0.15, 0.2) is 53.4 Å². The fourth-order valence-electron chi connectivity index (χ4n) is 3.45. The lowest BCUT2D eigenvalue weighted by atomic mass is 9.96. The van der Waals surface area contributed by atoms with Crippen LogP contribution >= 0.6 is 11.6 Å². The number of benzene rings is 2. The van der Waals surface area contributed by atoms with E-state index in [-0.39, 0.29) is 23.3 Å². The molecule has 1 aliphatic heterocycles. The van der Waals surface area contributed by atoms with Gasteiger partial charge in [0, 0.05) is 42.5 Å². The van der Waals surface area contributed by atoms with Gasteiger partial charge in [-0.2, -0.15) is 4.31 Å². The molecule has 2 aromatic carbocycles. The van der Waals surface area contributed by atoms with Crippen LogP contribution in [-0.2, 0) is 19.6 Å². The van der Waals surface area contributed by atoms with Crippen molar-refractivity contribution in [1.82, 2.24) is 4.31 Å². The second-order valence-electron chi connectivity index (χ2n) is 7.47. The topological polar surface area (TPSA) is 113 Å². The second-order valence-corrected chi connectivity index (χ2v) is 9.96. The summed E-state index contributed by atoms with van der Waals surface area (Å²) in [5.74, 6) is -0.772. The molecule has 0 radical (unpaired) electrons. The second kappa shape index (κ2) is 9.67. The van der Waals surface area contributed by atoms with Gasteiger partial charge in [0.2, 0.25) is 21.8 Å². The number of likely N-dealkylation sites (N-methyl/N-ethyl adjacent to an activating group) is 1. The molecule has 2 amide bonds. The maximum Gasteiger partial charge on any atom is 0.243 e. The van der Waals surface area contributed by atoms with E-state index in [1.54, 1.807) is 12.1 Å². The Kier molecular flexibility index (Phi) is 7.19. The number of nitrogens with one attached hydrogen (secondary N) is 1. The number of piperidine rings is 1. The largest absolute Gasteiger partial charge is 0.371 e. The highest BCUT2D eigenvalue weighted by atomic mass is 35.5. The van der Waals surface area contributed by atoms with Gasteiger partial charge in [0.1, 0.15) is 0 Å². The minimum atomic E-state index is -3.80. The number of nitrogens with zero attached hydrogens (tertiary/aromatic N) is 2. The van der Waals surface area contributed by atoms with Crippen LogP contribution < -0.4 is 16.0 Å². The van der Waals surface area contributed by atoms with Gasteiger partial charge in [-0.15, -0.1) is 0 Å². The van der Waals surface area contributed by atoms with Crippen LogP contribution in [0, 0.1) is 5.92 Å². The number of anilines is 2. The number of hydrogen-bond donors (Lipinski definition) is 2. The molecule has 0 unspecified atom stereocenters. The molecule has 10 heteroatoms. The molecule has 0 aromatic heterocycles. The standard InChI is InChI=1S/C21H25ClN4O4S/c1-25(31(29,30)19-8-2-16(22)3-9-19)14-20(27)24-17-4-6-18(7-5-17)26-12-10-15(11-13-26)21(23)28/h2-9,15H,10-14H2,1H3,(H2,23,28)(H,24,27). The molecule has 0 aliphatic carbocycles. The predicted octanol–water partition coefficient (Wildman–Crippen LogP) is 2.30. The Morgan fingerprint density at radius 1 is 1.10 bits per heavy atom. The van der Waals surface area contributed by atoms with E-state index in [1.807, 2.05) is 12.1 Å². The summed E-state index contributed by atoms with van der Waals surface area (Å²) in [5, 5.41) is 3.14. The summed E-state index contributed by atoms with van der Waals surface area (Å²) in [7, 11) is -2.45. The van der Waals surface area contributed by atoms with Crippen molar-refractivity contribution in [2.24, 2.45) is 11.7 Å². The third-order valence-electron chi connectivity index (χ3n) is 5.30. The average Bonchev–Trinajstić information content (AvgIpc) is 2.74. The Morgan fingerprint density at radius 3 is 2.23 bits per heavy atom. The summed E-state index contributed by atoms with van der Waals surface area (Å²) in [6.07, 6.45) is 1.45. The monoisotopic (exact) mass is 464 g/mol. The fraction of sp³-hybridized carbons (Fsp3) is 0.333. The van der Waals surface area contributed by atoms with Gasteiger partial charge < -0.3 is 16.0 Å². The lowest BCUT2D eigenvalue weighted by Gasteiger charge is -2.32. The maximum atomic E-state index is 12.6. The first-order valence-electron chi connectivity index (χ1n) is 9.83. The summed E-state index contributed by atoms with van der Waals surface area (Å²) < 4.78 is 26.2. The van der Waals surface area contributed by atoms with E-state index in [9.17, 15) is 18.0 Å². The number of nitrogens with two attached hydrogens (primary N) is 1. The molecule has 2 aromatic rings. The zero-order valence-electron chi connectivity index (χ0n) is 17.1. The van der Waals surface area contributed by atoms with Gasteiger partial charge in [-0.3, -0.25) is 9.59 Å². The van der Waals surface area contributed by atoms with Gasteiger partial charge in [-0.05, 0) is 61.4 Å². The molecule has 1 heterocycles. The molecule has 8 nitrogen and oxygen atoms in total. The summed E-state index contributed by atoms with van der Waals surface area (Å²) in [4.78, 5) is 25.9. The van der Waals surface area contributed by atoms with E-state index in [0.717, 1.165) is 35.9 Å². The normalized spacial score (nSPS) is 15.1. The number of halogens is 1. The highest BCUT2D eigenvalue weighted by Crippen LogP contribution is 2.24. The van der Waals surface area contributed by atoms with Crippen molar-refractivity contribution in [3.8, 4) is 0 Å². The van der Waals surface area contributed by atoms with E-state index >= 15 is 0 Å². The van der Waals surface area contributed by atoms with Crippen molar-refractivity contribution in [3.63, 3.8) is 0 Å². The van der Waals surface area contributed by atoms with Crippen LogP contribution in [0.4, 0.5) is 11.4 Å². The highest BCUT2D eigenvalue weighted by molar-refractivity contribution is 7.89. The number of carbonyl (C=O) groups is 2. The molecular weight excluding hydrogens is 440 g/mol. The molecule has 166 valence electrons. The highest BCUT2D eigenvalue weighted by Gasteiger charge is 2.24. The van der Waals surface area contributed by atoms with Crippen molar-refractivity contribution in [3.05, 3.63) is 53.6 Å². The molecule has 1 saturated heterocycles. The first-order valence-corrected chi connectivity index (χ1v) is 11.6. The van der Waals surface area contributed by atoms with Gasteiger partial charge in [-0.25, -0.2) is 8.42 Å². The maximum absolute atomic E-state index is 12.6. The van der Waals surface area contributed by atoms with E-state index in [1.165, 1.54) is 31.3 Å². The lowest BCUT2D eigenvalue weighted by Crippen LogP contribution is -2.38. The molecule has 3 N–H and O–H groups in total. The zero-order valence-corrected chi connectivity index (χ0v) is 18.7. The molecule has 0 spiro atoms. The van der Waals surface area contributed by atoms with Gasteiger partial charge in [0.15, 0.2) is 0 Å². The Hall–Kier alpha value is -2.62. The molecule has 0 atom stereocenters. The molecule has 0 saturated carbocycles. The molecule has 1 aliphatic rings. The minimum absolute atomic E-state index is 0.0664. The molecule has 0 bridgehead atoms. The van der Waals surface area contributed by atoms with E-state index in [0.29, 0.717) is 10.7 Å². The lowest BCUT2D eigenvalue weighted by molar-refractivity contribution is -0.122. The van der Waals surface area contributed by atoms with Gasteiger partial charge in [-0.1, -0.05) is 11.6 Å². The molecule has 31 heavy (non-hydrogen) atoms. The molecule has 1 fully saturated rings. The van der Waals surface area contributed by atoms with Crippen LogP contribution in [0.1, 0.15) is 12.8 Å². The first-order chi connectivity index (χ1) is 14.7. The molecule has 3 rings (SSSR count). The van der Waals surface area contributed by atoms with Crippen LogP contribution in [0.2, 0.25) is 5.02 Å². The average molecular weight is 465 g/mol. The number of primary amides is 1. The van der Waals surface area contributed by atoms with Crippen molar-refractivity contribution >= 4 is 44.8 Å². The van der Waals surface area contributed by atoms with Crippen molar-refractivity contribution in [2.75, 3.05) is 36.9 Å². The van der Waals surface area contributed by atoms with E-state index < -0.39 is 15.9 Å². The number of rotatable bonds is 7. The van der Waals surface area contributed by atoms with Crippen molar-refractivity contribution in [1.29, 1.82) is 0 Å². The fourth-order valence-corrected chi connectivity index (χ4v) is 4.71. The van der Waals surface area contributed by atoms with Crippen LogP contribution in [0.3, 0.4) is 0 Å². The number of carbonyl (C=O) groups excluding carboxylic acids is 2. The Bertz CT molecular complexity index is 1030. The van der Waals surface area contributed by atoms with E-state index in [2.05, 4.69) is 10.2 Å². The Labute approximate surface area is 187 Å². The van der Waals surface area contributed by atoms with Gasteiger partial charge in [0.25, 0.3) is 0 Å².